The Kier molecular flexibility index (Phi) is 5.42. The van der Waals surface area contributed by atoms with Crippen LogP contribution in [0.3, 0.4) is 0 Å². The Labute approximate surface area is 100 Å². The highest BCUT2D eigenvalue weighted by Crippen LogP contribution is 2.15. The van der Waals surface area contributed by atoms with Crippen LogP contribution < -0.4 is 11.1 Å². The minimum Gasteiger partial charge on any atom is -0.347 e. The Hall–Kier alpha value is -0.940. The predicted molar refractivity (Wildman–Crippen MR) is 66.1 cm³/mol. The first-order chi connectivity index (χ1) is 7.63. The monoisotopic (exact) mass is 241 g/mol. The minimum atomic E-state index is 0.000632. The zero-order valence-corrected chi connectivity index (χ0v) is 10.6. The van der Waals surface area contributed by atoms with Crippen molar-refractivity contribution in [3.05, 3.63) is 16.6 Å². The molecule has 0 aromatic carbocycles. The number of nitrogens with two attached hydrogens (primary N) is 1. The first kappa shape index (κ1) is 13.1. The van der Waals surface area contributed by atoms with E-state index in [0.717, 1.165) is 11.4 Å². The summed E-state index contributed by atoms with van der Waals surface area (Å²) in [5, 5.41) is 5.79. The number of carbonyl (C=O) groups excluding carboxylic acids is 1. The molecule has 0 spiro atoms. The SMILES string of the molecule is CC(CN)CCC(=O)NC(C)c1nccs1. The summed E-state index contributed by atoms with van der Waals surface area (Å²) in [4.78, 5) is 15.8. The summed E-state index contributed by atoms with van der Waals surface area (Å²) < 4.78 is 0. The summed E-state index contributed by atoms with van der Waals surface area (Å²) in [6, 6.07) is 0.000632. The summed E-state index contributed by atoms with van der Waals surface area (Å²) in [5.74, 6) is 0.476. The summed E-state index contributed by atoms with van der Waals surface area (Å²) >= 11 is 1.56. The lowest BCUT2D eigenvalue weighted by molar-refractivity contribution is -0.122. The number of carbonyl (C=O) groups is 1. The molecule has 0 saturated heterocycles. The summed E-state index contributed by atoms with van der Waals surface area (Å²) in [7, 11) is 0. The van der Waals surface area contributed by atoms with Crippen LogP contribution in [0.5, 0.6) is 0 Å². The van der Waals surface area contributed by atoms with E-state index < -0.39 is 0 Å². The number of nitrogens with zero attached hydrogens (tertiary/aromatic N) is 1. The van der Waals surface area contributed by atoms with Crippen LogP contribution in [0.1, 0.15) is 37.7 Å². The van der Waals surface area contributed by atoms with Crippen molar-refractivity contribution < 1.29 is 4.79 Å². The summed E-state index contributed by atoms with van der Waals surface area (Å²) in [6.45, 7) is 4.63. The zero-order chi connectivity index (χ0) is 12.0. The van der Waals surface area contributed by atoms with Crippen LogP contribution >= 0.6 is 11.3 Å². The standard InChI is InChI=1S/C11H19N3OS/c1-8(7-12)3-4-10(15)14-9(2)11-13-5-6-16-11/h5-6,8-9H,3-4,7,12H2,1-2H3,(H,14,15). The molecule has 1 aromatic heterocycles. The molecule has 1 heterocycles. The van der Waals surface area contributed by atoms with Crippen LogP contribution in [0.4, 0.5) is 0 Å². The van der Waals surface area contributed by atoms with E-state index in [1.807, 2.05) is 12.3 Å². The molecule has 1 rings (SSSR count). The van der Waals surface area contributed by atoms with Gasteiger partial charge in [0.25, 0.3) is 0 Å². The van der Waals surface area contributed by atoms with E-state index >= 15 is 0 Å². The predicted octanol–water partition coefficient (Wildman–Crippen LogP) is 1.70. The molecule has 0 bridgehead atoms. The smallest absolute Gasteiger partial charge is 0.220 e. The van der Waals surface area contributed by atoms with Gasteiger partial charge < -0.3 is 11.1 Å². The van der Waals surface area contributed by atoms with E-state index in [1.54, 1.807) is 17.5 Å². The Balaban J connectivity index is 2.29. The van der Waals surface area contributed by atoms with Gasteiger partial charge in [0.05, 0.1) is 6.04 Å². The Bertz CT molecular complexity index is 313. The molecule has 0 aliphatic heterocycles. The van der Waals surface area contributed by atoms with Crippen LogP contribution in [0, 0.1) is 5.92 Å². The number of hydrogen-bond donors (Lipinski definition) is 2. The molecule has 90 valence electrons. The normalized spacial score (nSPS) is 14.4. The molecule has 1 amide bonds. The van der Waals surface area contributed by atoms with Gasteiger partial charge in [0.1, 0.15) is 5.01 Å². The van der Waals surface area contributed by atoms with Crippen LogP contribution in [0.2, 0.25) is 0 Å². The van der Waals surface area contributed by atoms with E-state index in [1.165, 1.54) is 0 Å². The highest BCUT2D eigenvalue weighted by atomic mass is 32.1. The Morgan fingerprint density at radius 3 is 2.94 bits per heavy atom. The lowest BCUT2D eigenvalue weighted by Crippen LogP contribution is -2.27. The van der Waals surface area contributed by atoms with Crippen LogP contribution in [-0.2, 0) is 4.79 Å². The van der Waals surface area contributed by atoms with Crippen molar-refractivity contribution in [1.29, 1.82) is 0 Å². The molecule has 4 nitrogen and oxygen atoms in total. The zero-order valence-electron chi connectivity index (χ0n) is 9.77. The molecule has 0 aliphatic rings. The maximum Gasteiger partial charge on any atom is 0.220 e. The second-order valence-corrected chi connectivity index (χ2v) is 4.97. The van der Waals surface area contributed by atoms with Gasteiger partial charge in [-0.15, -0.1) is 11.3 Å². The second-order valence-electron chi connectivity index (χ2n) is 4.04. The van der Waals surface area contributed by atoms with E-state index in [4.69, 9.17) is 5.73 Å². The van der Waals surface area contributed by atoms with Gasteiger partial charge in [-0.2, -0.15) is 0 Å². The van der Waals surface area contributed by atoms with Gasteiger partial charge in [0.2, 0.25) is 5.91 Å². The van der Waals surface area contributed by atoms with Gasteiger partial charge in [-0.1, -0.05) is 6.92 Å². The van der Waals surface area contributed by atoms with Crippen molar-refractivity contribution in [2.24, 2.45) is 11.7 Å². The molecule has 0 radical (unpaired) electrons. The van der Waals surface area contributed by atoms with Gasteiger partial charge in [-0.05, 0) is 25.8 Å². The molecule has 3 N–H and O–H groups in total. The lowest BCUT2D eigenvalue weighted by Gasteiger charge is -2.12. The third-order valence-corrected chi connectivity index (χ3v) is 3.42. The van der Waals surface area contributed by atoms with E-state index in [-0.39, 0.29) is 11.9 Å². The Morgan fingerprint density at radius 2 is 2.38 bits per heavy atom. The molecule has 16 heavy (non-hydrogen) atoms. The minimum absolute atomic E-state index is 0.000632. The van der Waals surface area contributed by atoms with E-state index in [9.17, 15) is 4.79 Å². The van der Waals surface area contributed by atoms with Gasteiger partial charge in [-0.25, -0.2) is 4.98 Å². The number of hydrogen-bond acceptors (Lipinski definition) is 4. The average molecular weight is 241 g/mol. The van der Waals surface area contributed by atoms with Crippen molar-refractivity contribution in [3.63, 3.8) is 0 Å². The molecule has 2 unspecified atom stereocenters. The maximum atomic E-state index is 11.6. The maximum absolute atomic E-state index is 11.6. The van der Waals surface area contributed by atoms with E-state index in [0.29, 0.717) is 18.9 Å². The van der Waals surface area contributed by atoms with Gasteiger partial charge in [0, 0.05) is 18.0 Å². The van der Waals surface area contributed by atoms with Crippen molar-refractivity contribution in [3.8, 4) is 0 Å². The molecule has 2 atom stereocenters. The number of nitrogens with one attached hydrogen (secondary N) is 1. The highest BCUT2D eigenvalue weighted by Gasteiger charge is 2.12. The van der Waals surface area contributed by atoms with E-state index in [2.05, 4.69) is 17.2 Å². The molecular weight excluding hydrogens is 222 g/mol. The first-order valence-corrected chi connectivity index (χ1v) is 6.40. The third kappa shape index (κ3) is 4.28. The number of aromatic nitrogens is 1. The fourth-order valence-electron chi connectivity index (χ4n) is 1.32. The van der Waals surface area contributed by atoms with Gasteiger partial charge >= 0.3 is 0 Å². The van der Waals surface area contributed by atoms with Crippen molar-refractivity contribution in [2.75, 3.05) is 6.54 Å². The van der Waals surface area contributed by atoms with Crippen LogP contribution in [0.25, 0.3) is 0 Å². The average Bonchev–Trinajstić information content (AvgIpc) is 2.79. The number of amides is 1. The fourth-order valence-corrected chi connectivity index (χ4v) is 1.96. The molecule has 1 aromatic rings. The molecule has 0 saturated carbocycles. The fraction of sp³-hybridized carbons (Fsp3) is 0.636. The van der Waals surface area contributed by atoms with Crippen molar-refractivity contribution in [2.45, 2.75) is 32.7 Å². The Morgan fingerprint density at radius 1 is 1.62 bits per heavy atom. The number of rotatable bonds is 6. The quantitative estimate of drug-likeness (QED) is 0.796. The van der Waals surface area contributed by atoms with Gasteiger partial charge in [-0.3, -0.25) is 4.79 Å². The molecule has 0 aliphatic carbocycles. The molecular formula is C11H19N3OS. The summed E-state index contributed by atoms with van der Waals surface area (Å²) in [5.41, 5.74) is 5.50. The largest absolute Gasteiger partial charge is 0.347 e. The topological polar surface area (TPSA) is 68.0 Å². The summed E-state index contributed by atoms with van der Waals surface area (Å²) in [6.07, 6.45) is 3.13. The second kappa shape index (κ2) is 6.60. The highest BCUT2D eigenvalue weighted by molar-refractivity contribution is 7.09. The third-order valence-electron chi connectivity index (χ3n) is 2.47. The first-order valence-electron chi connectivity index (χ1n) is 5.52. The van der Waals surface area contributed by atoms with Crippen molar-refractivity contribution >= 4 is 17.2 Å². The van der Waals surface area contributed by atoms with Crippen molar-refractivity contribution in [1.82, 2.24) is 10.3 Å². The number of thiazole rings is 1. The molecule has 5 heteroatoms. The molecule has 0 fully saturated rings. The van der Waals surface area contributed by atoms with Crippen LogP contribution in [-0.4, -0.2) is 17.4 Å². The van der Waals surface area contributed by atoms with Gasteiger partial charge in [0.15, 0.2) is 0 Å². The lowest BCUT2D eigenvalue weighted by atomic mass is 10.1. The van der Waals surface area contributed by atoms with Crippen LogP contribution in [0.15, 0.2) is 11.6 Å².